The molecule has 0 unspecified atom stereocenters. The van der Waals surface area contributed by atoms with Gasteiger partial charge in [-0.25, -0.2) is 13.6 Å². The second-order valence-corrected chi connectivity index (χ2v) is 7.16. The Labute approximate surface area is 154 Å². The molecular weight excluding hydrogens is 352 g/mol. The molecule has 0 heterocycles. The summed E-state index contributed by atoms with van der Waals surface area (Å²) in [7, 11) is -0.309. The summed E-state index contributed by atoms with van der Waals surface area (Å²) in [5, 5.41) is 11.5. The Morgan fingerprint density at radius 1 is 1.12 bits per heavy atom. The molecule has 0 radical (unpaired) electrons. The number of aliphatic imine (C=N–C) groups is 1. The van der Waals surface area contributed by atoms with Gasteiger partial charge in [-0.15, -0.1) is 0 Å². The van der Waals surface area contributed by atoms with Crippen LogP contribution in [0.25, 0.3) is 0 Å². The molecule has 0 fully saturated rings. The van der Waals surface area contributed by atoms with Crippen LogP contribution in [-0.2, 0) is 23.0 Å². The monoisotopic (exact) mass is 376 g/mol. The molecule has 0 bridgehead atoms. The fourth-order valence-corrected chi connectivity index (χ4v) is 2.94. The lowest BCUT2D eigenvalue weighted by Crippen LogP contribution is -2.37. The second kappa shape index (κ2) is 9.21. The summed E-state index contributed by atoms with van der Waals surface area (Å²) >= 11 is 0. The molecule has 0 saturated heterocycles. The minimum absolute atomic E-state index is 0.0977. The van der Waals surface area contributed by atoms with Crippen molar-refractivity contribution < 1.29 is 13.2 Å². The van der Waals surface area contributed by atoms with E-state index in [4.69, 9.17) is 9.88 Å². The van der Waals surface area contributed by atoms with Crippen molar-refractivity contribution in [2.75, 3.05) is 20.7 Å². The third-order valence-corrected chi connectivity index (χ3v) is 4.74. The lowest BCUT2D eigenvalue weighted by molar-refractivity contribution is 0.409. The number of guanidine groups is 1. The zero-order valence-corrected chi connectivity index (χ0v) is 15.7. The normalized spacial score (nSPS) is 11.9. The number of sulfonamides is 1. The van der Waals surface area contributed by atoms with Crippen LogP contribution < -0.4 is 20.5 Å². The van der Waals surface area contributed by atoms with E-state index in [9.17, 15) is 8.42 Å². The van der Waals surface area contributed by atoms with Gasteiger partial charge in [0.25, 0.3) is 0 Å². The first kappa shape index (κ1) is 19.7. The van der Waals surface area contributed by atoms with Crippen LogP contribution in [0.15, 0.2) is 58.4 Å². The summed E-state index contributed by atoms with van der Waals surface area (Å²) in [5.74, 6) is 1.53. The van der Waals surface area contributed by atoms with Crippen LogP contribution in [0.3, 0.4) is 0 Å². The van der Waals surface area contributed by atoms with E-state index < -0.39 is 10.0 Å². The molecule has 0 aliphatic carbocycles. The topological polar surface area (TPSA) is 106 Å². The van der Waals surface area contributed by atoms with Crippen molar-refractivity contribution in [2.24, 2.45) is 10.1 Å². The Morgan fingerprint density at radius 2 is 1.81 bits per heavy atom. The van der Waals surface area contributed by atoms with Crippen LogP contribution in [-0.4, -0.2) is 35.1 Å². The summed E-state index contributed by atoms with van der Waals surface area (Å²) in [4.78, 5) is 4.28. The summed E-state index contributed by atoms with van der Waals surface area (Å²) in [5.41, 5.74) is 2.04. The Bertz CT molecular complexity index is 849. The Kier molecular flexibility index (Phi) is 6.99. The van der Waals surface area contributed by atoms with E-state index in [1.807, 2.05) is 24.3 Å². The van der Waals surface area contributed by atoms with Crippen molar-refractivity contribution in [2.45, 2.75) is 17.9 Å². The number of methoxy groups -OCH3 is 1. The molecule has 7 nitrogen and oxygen atoms in total. The molecule has 2 aromatic rings. The van der Waals surface area contributed by atoms with Crippen molar-refractivity contribution in [3.8, 4) is 5.75 Å². The number of nitrogens with one attached hydrogen (secondary N) is 2. The number of rotatable bonds is 7. The van der Waals surface area contributed by atoms with E-state index in [0.29, 0.717) is 19.0 Å². The van der Waals surface area contributed by atoms with Crippen LogP contribution in [0.5, 0.6) is 5.75 Å². The van der Waals surface area contributed by atoms with Gasteiger partial charge in [0.1, 0.15) is 5.75 Å². The summed E-state index contributed by atoms with van der Waals surface area (Å²) in [6.07, 6.45) is 0.799. The van der Waals surface area contributed by atoms with Crippen LogP contribution in [0, 0.1) is 0 Å². The molecule has 0 saturated carbocycles. The number of hydrogen-bond acceptors (Lipinski definition) is 4. The van der Waals surface area contributed by atoms with Gasteiger partial charge in [0.15, 0.2) is 5.96 Å². The molecule has 140 valence electrons. The van der Waals surface area contributed by atoms with Crippen LogP contribution in [0.1, 0.15) is 11.1 Å². The highest BCUT2D eigenvalue weighted by atomic mass is 32.2. The number of hydrogen-bond donors (Lipinski definition) is 3. The highest BCUT2D eigenvalue weighted by molar-refractivity contribution is 7.89. The lowest BCUT2D eigenvalue weighted by Gasteiger charge is -2.13. The van der Waals surface area contributed by atoms with E-state index in [2.05, 4.69) is 15.6 Å². The average molecular weight is 376 g/mol. The molecule has 0 atom stereocenters. The third-order valence-electron chi connectivity index (χ3n) is 3.81. The highest BCUT2D eigenvalue weighted by Gasteiger charge is 2.07. The van der Waals surface area contributed by atoms with Gasteiger partial charge in [0.05, 0.1) is 12.0 Å². The van der Waals surface area contributed by atoms with Gasteiger partial charge in [-0.3, -0.25) is 4.99 Å². The van der Waals surface area contributed by atoms with Crippen molar-refractivity contribution in [1.82, 2.24) is 10.6 Å². The fourth-order valence-electron chi connectivity index (χ4n) is 2.43. The molecule has 0 aliphatic rings. The predicted molar refractivity (Wildman–Crippen MR) is 103 cm³/mol. The van der Waals surface area contributed by atoms with Gasteiger partial charge >= 0.3 is 0 Å². The van der Waals surface area contributed by atoms with Crippen molar-refractivity contribution in [3.63, 3.8) is 0 Å². The molecule has 0 amide bonds. The van der Waals surface area contributed by atoms with Crippen LogP contribution in [0.4, 0.5) is 0 Å². The Balaban J connectivity index is 1.84. The van der Waals surface area contributed by atoms with Gasteiger partial charge in [-0.05, 0) is 35.7 Å². The minimum atomic E-state index is -3.67. The van der Waals surface area contributed by atoms with Crippen LogP contribution >= 0.6 is 0 Å². The smallest absolute Gasteiger partial charge is 0.238 e. The summed E-state index contributed by atoms with van der Waals surface area (Å²) < 4.78 is 27.9. The van der Waals surface area contributed by atoms with E-state index in [1.165, 1.54) is 12.1 Å². The molecule has 0 spiro atoms. The zero-order chi connectivity index (χ0) is 19.0. The van der Waals surface area contributed by atoms with Crippen molar-refractivity contribution in [3.05, 3.63) is 59.7 Å². The van der Waals surface area contributed by atoms with Crippen molar-refractivity contribution >= 4 is 16.0 Å². The lowest BCUT2D eigenvalue weighted by atomic mass is 10.1. The molecule has 0 aromatic heterocycles. The van der Waals surface area contributed by atoms with Gasteiger partial charge in [0.2, 0.25) is 10.0 Å². The van der Waals surface area contributed by atoms with E-state index in [0.717, 1.165) is 23.3 Å². The second-order valence-electron chi connectivity index (χ2n) is 5.60. The average Bonchev–Trinajstić information content (AvgIpc) is 2.64. The molecule has 26 heavy (non-hydrogen) atoms. The molecule has 8 heteroatoms. The van der Waals surface area contributed by atoms with E-state index in [1.54, 1.807) is 26.3 Å². The third kappa shape index (κ3) is 5.75. The first-order valence-electron chi connectivity index (χ1n) is 8.12. The maximum absolute atomic E-state index is 11.3. The fraction of sp³-hybridized carbons (Fsp3) is 0.278. The maximum atomic E-state index is 11.3. The largest absolute Gasteiger partial charge is 0.496 e. The van der Waals surface area contributed by atoms with E-state index in [-0.39, 0.29) is 4.90 Å². The zero-order valence-electron chi connectivity index (χ0n) is 14.9. The molecule has 2 rings (SSSR count). The highest BCUT2D eigenvalue weighted by Crippen LogP contribution is 2.17. The summed E-state index contributed by atoms with van der Waals surface area (Å²) in [6, 6.07) is 14.3. The van der Waals surface area contributed by atoms with Crippen LogP contribution in [0.2, 0.25) is 0 Å². The number of nitrogens with zero attached hydrogens (tertiary/aromatic N) is 1. The number of para-hydroxylation sites is 1. The first-order valence-corrected chi connectivity index (χ1v) is 9.67. The molecule has 4 N–H and O–H groups in total. The minimum Gasteiger partial charge on any atom is -0.496 e. The Hall–Kier alpha value is -2.58. The number of benzene rings is 2. The summed E-state index contributed by atoms with van der Waals surface area (Å²) in [6.45, 7) is 1.21. The van der Waals surface area contributed by atoms with Gasteiger partial charge < -0.3 is 15.4 Å². The number of ether oxygens (including phenoxy) is 1. The van der Waals surface area contributed by atoms with Gasteiger partial charge in [-0.1, -0.05) is 30.3 Å². The predicted octanol–water partition coefficient (Wildman–Crippen LogP) is 1.25. The van der Waals surface area contributed by atoms with E-state index >= 15 is 0 Å². The molecular formula is C18H24N4O3S. The SMILES string of the molecule is CN=C(NCCc1ccccc1OC)NCc1ccc(S(N)(=O)=O)cc1. The number of primary sulfonamides is 1. The Morgan fingerprint density at radius 3 is 2.42 bits per heavy atom. The molecule has 0 aliphatic heterocycles. The first-order chi connectivity index (χ1) is 12.4. The standard InChI is InChI=1S/C18H24N4O3S/c1-20-18(21-12-11-15-5-3-4-6-17(15)25-2)22-13-14-7-9-16(10-8-14)26(19,23)24/h3-10H,11-13H2,1-2H3,(H2,19,23,24)(H2,20,21,22). The maximum Gasteiger partial charge on any atom is 0.238 e. The van der Waals surface area contributed by atoms with Gasteiger partial charge in [-0.2, -0.15) is 0 Å². The van der Waals surface area contributed by atoms with Crippen molar-refractivity contribution in [1.29, 1.82) is 0 Å². The quantitative estimate of drug-likeness (QED) is 0.498. The van der Waals surface area contributed by atoms with Gasteiger partial charge in [0, 0.05) is 20.1 Å². The molecule has 2 aromatic carbocycles. The number of nitrogens with two attached hydrogens (primary N) is 1.